The Kier molecular flexibility index (Phi) is 5.72. The molecule has 3 aromatic carbocycles. The minimum atomic E-state index is -0.150. The van der Waals surface area contributed by atoms with E-state index in [0.29, 0.717) is 3.46 Å². The van der Waals surface area contributed by atoms with E-state index >= 15 is 0 Å². The summed E-state index contributed by atoms with van der Waals surface area (Å²) in [4.78, 5) is 4.16. The van der Waals surface area contributed by atoms with Gasteiger partial charge in [0.25, 0.3) is 0 Å². The van der Waals surface area contributed by atoms with Crippen molar-refractivity contribution >= 4 is 35.4 Å². The Bertz CT molecular complexity index is 719. The van der Waals surface area contributed by atoms with Crippen molar-refractivity contribution in [2.75, 3.05) is 0 Å². The second kappa shape index (κ2) is 7.79. The molecule has 0 saturated heterocycles. The van der Waals surface area contributed by atoms with Gasteiger partial charge in [0.05, 0.1) is 0 Å². The van der Waals surface area contributed by atoms with E-state index < -0.39 is 0 Å². The summed E-state index contributed by atoms with van der Waals surface area (Å²) >= 11 is -0.150. The summed E-state index contributed by atoms with van der Waals surface area (Å²) in [7, 11) is -0.0316. The van der Waals surface area contributed by atoms with Gasteiger partial charge in [-0.2, -0.15) is 0 Å². The summed E-state index contributed by atoms with van der Waals surface area (Å²) < 4.78 is 1.99. The van der Waals surface area contributed by atoms with Crippen molar-refractivity contribution in [1.82, 2.24) is 0 Å². The molecule has 24 heavy (non-hydrogen) atoms. The fourth-order valence-corrected chi connectivity index (χ4v) is 7.40. The monoisotopic (exact) mass is 449 g/mol. The Morgan fingerprint density at radius 3 is 1.42 bits per heavy atom. The van der Waals surface area contributed by atoms with Crippen LogP contribution in [0.5, 0.6) is 0 Å². The van der Waals surface area contributed by atoms with E-state index in [1.165, 1.54) is 14.7 Å². The summed E-state index contributed by atoms with van der Waals surface area (Å²) in [6.45, 7) is 7.05. The van der Waals surface area contributed by atoms with E-state index in [0.717, 1.165) is 0 Å². The molecule has 0 amide bonds. The molecular formula is C22H23STe+. The Balaban J connectivity index is 1.98. The number of benzene rings is 3. The summed E-state index contributed by atoms with van der Waals surface area (Å²) in [5, 5.41) is 0. The van der Waals surface area contributed by atoms with Gasteiger partial charge in [0, 0.05) is 0 Å². The van der Waals surface area contributed by atoms with Gasteiger partial charge >= 0.3 is 159 Å². The van der Waals surface area contributed by atoms with Crippen LogP contribution in [-0.4, -0.2) is 20.9 Å². The van der Waals surface area contributed by atoms with Crippen LogP contribution in [0.4, 0.5) is 0 Å². The van der Waals surface area contributed by atoms with E-state index in [9.17, 15) is 0 Å². The quantitative estimate of drug-likeness (QED) is 0.375. The van der Waals surface area contributed by atoms with E-state index in [2.05, 4.69) is 106 Å². The maximum atomic E-state index is 2.36. The van der Waals surface area contributed by atoms with Gasteiger partial charge in [-0.25, -0.2) is 0 Å². The number of hydrogen-bond acceptors (Lipinski definition) is 0. The van der Waals surface area contributed by atoms with Gasteiger partial charge in [-0.15, -0.1) is 0 Å². The molecule has 3 aromatic rings. The van der Waals surface area contributed by atoms with Gasteiger partial charge in [0.15, 0.2) is 0 Å². The van der Waals surface area contributed by atoms with Crippen LogP contribution in [0.15, 0.2) is 99.6 Å². The third kappa shape index (κ3) is 4.67. The van der Waals surface area contributed by atoms with Crippen molar-refractivity contribution in [3.63, 3.8) is 0 Å². The maximum absolute atomic E-state index is 2.36. The van der Waals surface area contributed by atoms with Gasteiger partial charge < -0.3 is 0 Å². The SMILES string of the molecule is CC(C)(C)[Te]c1ccc([S+](c2ccccc2)c2ccccc2)cc1. The predicted molar refractivity (Wildman–Crippen MR) is 107 cm³/mol. The standard InChI is InChI=1S/C22H23STe/c1-22(2,3)24-21-16-14-20(15-17-21)23(18-10-6-4-7-11-18)19-12-8-5-9-13-19/h4-17H,1-3H3/q+1. The molecule has 0 aliphatic heterocycles. The molecule has 0 atom stereocenters. The zero-order valence-corrected chi connectivity index (χ0v) is 17.5. The Morgan fingerprint density at radius 2 is 1.00 bits per heavy atom. The Morgan fingerprint density at radius 1 is 0.583 bits per heavy atom. The van der Waals surface area contributed by atoms with Crippen LogP contribution in [0, 0.1) is 0 Å². The van der Waals surface area contributed by atoms with Crippen LogP contribution in [0.2, 0.25) is 3.46 Å². The van der Waals surface area contributed by atoms with Gasteiger partial charge in [-0.05, 0) is 0 Å². The van der Waals surface area contributed by atoms with Crippen LogP contribution >= 0.6 is 0 Å². The molecule has 0 spiro atoms. The van der Waals surface area contributed by atoms with Crippen molar-refractivity contribution in [2.45, 2.75) is 38.9 Å². The fourth-order valence-electron chi connectivity index (χ4n) is 2.52. The molecular weight excluding hydrogens is 424 g/mol. The van der Waals surface area contributed by atoms with Gasteiger partial charge in [-0.3, -0.25) is 0 Å². The van der Waals surface area contributed by atoms with Crippen LogP contribution in [0.3, 0.4) is 0 Å². The van der Waals surface area contributed by atoms with E-state index in [1.807, 2.05) is 0 Å². The molecule has 0 nitrogen and oxygen atoms in total. The first-order valence-electron chi connectivity index (χ1n) is 8.16. The van der Waals surface area contributed by atoms with Gasteiger partial charge in [0.2, 0.25) is 0 Å². The Hall–Kier alpha value is -1.20. The molecule has 0 saturated carbocycles. The molecule has 0 N–H and O–H groups in total. The molecule has 122 valence electrons. The molecule has 0 aliphatic carbocycles. The van der Waals surface area contributed by atoms with Crippen LogP contribution in [0.25, 0.3) is 0 Å². The summed E-state index contributed by atoms with van der Waals surface area (Å²) in [6.07, 6.45) is 0. The zero-order valence-electron chi connectivity index (χ0n) is 14.4. The molecule has 0 bridgehead atoms. The first kappa shape index (κ1) is 17.6. The average Bonchev–Trinajstić information content (AvgIpc) is 2.57. The normalized spacial score (nSPS) is 11.7. The van der Waals surface area contributed by atoms with Crippen LogP contribution in [0.1, 0.15) is 20.8 Å². The van der Waals surface area contributed by atoms with Crippen molar-refractivity contribution in [3.05, 3.63) is 84.9 Å². The van der Waals surface area contributed by atoms with E-state index in [-0.39, 0.29) is 31.8 Å². The topological polar surface area (TPSA) is 0 Å². The van der Waals surface area contributed by atoms with Crippen LogP contribution < -0.4 is 3.61 Å². The number of hydrogen-bond donors (Lipinski definition) is 0. The second-order valence-electron chi connectivity index (χ2n) is 6.62. The first-order valence-corrected chi connectivity index (χ1v) is 11.7. The molecule has 0 unspecified atom stereocenters. The van der Waals surface area contributed by atoms with Crippen molar-refractivity contribution in [1.29, 1.82) is 0 Å². The van der Waals surface area contributed by atoms with E-state index in [1.54, 1.807) is 3.61 Å². The molecule has 0 aromatic heterocycles. The first-order chi connectivity index (χ1) is 11.5. The molecule has 0 radical (unpaired) electrons. The molecule has 2 heteroatoms. The van der Waals surface area contributed by atoms with E-state index in [4.69, 9.17) is 0 Å². The van der Waals surface area contributed by atoms with Crippen molar-refractivity contribution < 1.29 is 0 Å². The molecule has 0 aliphatic rings. The minimum absolute atomic E-state index is 0.0316. The van der Waals surface area contributed by atoms with Crippen molar-refractivity contribution in [2.24, 2.45) is 0 Å². The summed E-state index contributed by atoms with van der Waals surface area (Å²) in [6, 6.07) is 31.1. The van der Waals surface area contributed by atoms with Gasteiger partial charge in [-0.1, -0.05) is 0 Å². The third-order valence-corrected chi connectivity index (χ3v) is 8.87. The third-order valence-electron chi connectivity index (χ3n) is 3.44. The predicted octanol–water partition coefficient (Wildman–Crippen LogP) is 5.33. The molecule has 0 fully saturated rings. The Labute approximate surface area is 158 Å². The van der Waals surface area contributed by atoms with Gasteiger partial charge in [0.1, 0.15) is 0 Å². The fraction of sp³-hybridized carbons (Fsp3) is 0.182. The number of rotatable bonds is 4. The second-order valence-corrected chi connectivity index (χ2v) is 14.1. The zero-order chi connectivity index (χ0) is 17.0. The molecule has 0 heterocycles. The summed E-state index contributed by atoms with van der Waals surface area (Å²) in [5.41, 5.74) is 0. The molecule has 3 rings (SSSR count). The summed E-state index contributed by atoms with van der Waals surface area (Å²) in [5.74, 6) is 0. The van der Waals surface area contributed by atoms with Crippen LogP contribution in [-0.2, 0) is 10.9 Å². The van der Waals surface area contributed by atoms with Crippen molar-refractivity contribution in [3.8, 4) is 0 Å². The average molecular weight is 447 g/mol.